The molecule has 2 aromatic carbocycles. The van der Waals surface area contributed by atoms with Gasteiger partial charge in [0.2, 0.25) is 0 Å². The van der Waals surface area contributed by atoms with E-state index in [1.807, 2.05) is 0 Å². The van der Waals surface area contributed by atoms with Crippen LogP contribution in [0.4, 0.5) is 4.79 Å². The molecule has 1 aliphatic heterocycles. The van der Waals surface area contributed by atoms with Crippen LogP contribution in [0.25, 0.3) is 0 Å². The number of carbonyl (C=O) groups is 3. The molecule has 1 saturated heterocycles. The number of nitrogens with zero attached hydrogens (tertiary/aromatic N) is 1. The van der Waals surface area contributed by atoms with Crippen molar-refractivity contribution in [3.05, 3.63) is 71.8 Å². The molecule has 1 atom stereocenters. The van der Waals surface area contributed by atoms with Crippen molar-refractivity contribution in [2.24, 2.45) is 0 Å². The molecule has 21 heavy (non-hydrogen) atoms. The van der Waals surface area contributed by atoms with Gasteiger partial charge >= 0.3 is 12.1 Å². The second-order valence-corrected chi connectivity index (χ2v) is 4.54. The summed E-state index contributed by atoms with van der Waals surface area (Å²) in [4.78, 5) is 37.1. The van der Waals surface area contributed by atoms with E-state index in [0.29, 0.717) is 11.1 Å². The van der Waals surface area contributed by atoms with Crippen molar-refractivity contribution < 1.29 is 19.1 Å². The minimum Gasteiger partial charge on any atom is -0.374 e. The van der Waals surface area contributed by atoms with Crippen molar-refractivity contribution in [2.45, 2.75) is 6.04 Å². The number of hydrogen-bond acceptors (Lipinski definition) is 4. The highest BCUT2D eigenvalue weighted by Gasteiger charge is 2.46. The largest absolute Gasteiger partial charge is 0.425 e. The van der Waals surface area contributed by atoms with Crippen molar-refractivity contribution in [3.8, 4) is 0 Å². The SMILES string of the molecule is O=C1OC(=O)N(C(=O)c2ccccc2)[C@H]1c1ccccc1. The molecule has 1 fully saturated rings. The fourth-order valence-electron chi connectivity index (χ4n) is 2.24. The Balaban J connectivity index is 2.01. The van der Waals surface area contributed by atoms with E-state index in [4.69, 9.17) is 0 Å². The minimum atomic E-state index is -1.04. The summed E-state index contributed by atoms with van der Waals surface area (Å²) in [6, 6.07) is 15.9. The van der Waals surface area contributed by atoms with Crippen LogP contribution in [0.1, 0.15) is 22.0 Å². The van der Waals surface area contributed by atoms with Crippen LogP contribution in [0.2, 0.25) is 0 Å². The molecule has 1 aliphatic rings. The van der Waals surface area contributed by atoms with Crippen molar-refractivity contribution in [1.29, 1.82) is 0 Å². The molecular formula is C16H11NO4. The van der Waals surface area contributed by atoms with E-state index in [-0.39, 0.29) is 0 Å². The molecule has 0 saturated carbocycles. The zero-order valence-electron chi connectivity index (χ0n) is 10.9. The van der Waals surface area contributed by atoms with Crippen LogP contribution in [-0.2, 0) is 9.53 Å². The van der Waals surface area contributed by atoms with Crippen molar-refractivity contribution >= 4 is 18.0 Å². The maximum Gasteiger partial charge on any atom is 0.425 e. The number of hydrogen-bond donors (Lipinski definition) is 0. The number of carbonyl (C=O) groups excluding carboxylic acids is 3. The Bertz CT molecular complexity index is 697. The lowest BCUT2D eigenvalue weighted by Gasteiger charge is -2.18. The van der Waals surface area contributed by atoms with Gasteiger partial charge in [-0.1, -0.05) is 48.5 Å². The summed E-state index contributed by atoms with van der Waals surface area (Å²) in [5.41, 5.74) is 0.864. The average Bonchev–Trinajstić information content (AvgIpc) is 2.82. The monoisotopic (exact) mass is 281 g/mol. The average molecular weight is 281 g/mol. The van der Waals surface area contributed by atoms with Gasteiger partial charge in [-0.25, -0.2) is 14.5 Å². The van der Waals surface area contributed by atoms with Crippen molar-refractivity contribution in [2.75, 3.05) is 0 Å². The van der Waals surface area contributed by atoms with Crippen LogP contribution in [0, 0.1) is 0 Å². The maximum atomic E-state index is 12.5. The van der Waals surface area contributed by atoms with E-state index >= 15 is 0 Å². The van der Waals surface area contributed by atoms with Gasteiger partial charge in [-0.15, -0.1) is 0 Å². The Morgan fingerprint density at radius 3 is 2.10 bits per heavy atom. The first-order valence-electron chi connectivity index (χ1n) is 6.37. The molecule has 0 aromatic heterocycles. The van der Waals surface area contributed by atoms with Gasteiger partial charge < -0.3 is 4.74 Å². The summed E-state index contributed by atoms with van der Waals surface area (Å²) in [7, 11) is 0. The maximum absolute atomic E-state index is 12.5. The smallest absolute Gasteiger partial charge is 0.374 e. The van der Waals surface area contributed by atoms with Crippen LogP contribution in [0.15, 0.2) is 60.7 Å². The number of amides is 2. The zero-order valence-corrected chi connectivity index (χ0v) is 10.9. The first-order valence-corrected chi connectivity index (χ1v) is 6.37. The molecule has 2 aromatic rings. The normalized spacial score (nSPS) is 17.7. The lowest BCUT2D eigenvalue weighted by molar-refractivity contribution is -0.135. The second kappa shape index (κ2) is 5.20. The van der Waals surface area contributed by atoms with E-state index < -0.39 is 24.0 Å². The highest BCUT2D eigenvalue weighted by molar-refractivity contribution is 6.11. The molecule has 0 radical (unpaired) electrons. The number of esters is 1. The van der Waals surface area contributed by atoms with E-state index in [1.54, 1.807) is 60.7 Å². The molecule has 3 rings (SSSR count). The number of benzene rings is 2. The van der Waals surface area contributed by atoms with Gasteiger partial charge in [-0.05, 0) is 17.7 Å². The first kappa shape index (κ1) is 13.1. The Morgan fingerprint density at radius 2 is 1.48 bits per heavy atom. The third-order valence-corrected chi connectivity index (χ3v) is 3.22. The Labute approximate surface area is 120 Å². The van der Waals surface area contributed by atoms with Crippen LogP contribution >= 0.6 is 0 Å². The predicted molar refractivity (Wildman–Crippen MR) is 73.3 cm³/mol. The summed E-state index contributed by atoms with van der Waals surface area (Å²) < 4.78 is 4.61. The summed E-state index contributed by atoms with van der Waals surface area (Å²) >= 11 is 0. The van der Waals surface area contributed by atoms with Gasteiger partial charge in [0.1, 0.15) is 0 Å². The molecule has 0 unspecified atom stereocenters. The first-order chi connectivity index (χ1) is 10.2. The fourth-order valence-corrected chi connectivity index (χ4v) is 2.24. The summed E-state index contributed by atoms with van der Waals surface area (Å²) in [6.45, 7) is 0. The van der Waals surface area contributed by atoms with Crippen LogP contribution in [-0.4, -0.2) is 22.9 Å². The summed E-state index contributed by atoms with van der Waals surface area (Å²) in [6.07, 6.45) is -0.942. The van der Waals surface area contributed by atoms with E-state index in [1.165, 1.54) is 0 Å². The molecule has 104 valence electrons. The molecule has 0 bridgehead atoms. The van der Waals surface area contributed by atoms with Gasteiger partial charge in [-0.3, -0.25) is 4.79 Å². The molecule has 2 amide bonds. The third kappa shape index (κ3) is 2.29. The number of cyclic esters (lactones) is 2. The van der Waals surface area contributed by atoms with Gasteiger partial charge in [0.05, 0.1) is 0 Å². The Morgan fingerprint density at radius 1 is 0.905 bits per heavy atom. The number of imide groups is 1. The molecule has 5 nitrogen and oxygen atoms in total. The molecule has 0 spiro atoms. The minimum absolute atomic E-state index is 0.324. The zero-order chi connectivity index (χ0) is 14.8. The highest BCUT2D eigenvalue weighted by atomic mass is 16.6. The quantitative estimate of drug-likeness (QED) is 0.627. The summed E-state index contributed by atoms with van der Waals surface area (Å²) in [5.74, 6) is -1.30. The van der Waals surface area contributed by atoms with E-state index in [9.17, 15) is 14.4 Å². The molecule has 1 heterocycles. The van der Waals surface area contributed by atoms with Crippen molar-refractivity contribution in [1.82, 2.24) is 4.90 Å². The lowest BCUT2D eigenvalue weighted by atomic mass is 10.1. The molecule has 5 heteroatoms. The van der Waals surface area contributed by atoms with Gasteiger partial charge in [0, 0.05) is 5.56 Å². The Hall–Kier alpha value is -2.95. The van der Waals surface area contributed by atoms with E-state index in [0.717, 1.165) is 4.90 Å². The molecular weight excluding hydrogens is 270 g/mol. The number of rotatable bonds is 2. The van der Waals surface area contributed by atoms with Gasteiger partial charge in [0.15, 0.2) is 6.04 Å². The van der Waals surface area contributed by atoms with Crippen LogP contribution < -0.4 is 0 Å². The van der Waals surface area contributed by atoms with E-state index in [2.05, 4.69) is 4.74 Å². The van der Waals surface area contributed by atoms with Gasteiger partial charge in [-0.2, -0.15) is 0 Å². The van der Waals surface area contributed by atoms with Crippen molar-refractivity contribution in [3.63, 3.8) is 0 Å². The second-order valence-electron chi connectivity index (χ2n) is 4.54. The molecule has 0 N–H and O–H groups in total. The standard InChI is InChI=1S/C16H11NO4/c18-14(12-9-5-2-6-10-12)17-13(15(19)21-16(17)20)11-7-3-1-4-8-11/h1-10,13H/t13-/m0/s1. The van der Waals surface area contributed by atoms with Gasteiger partial charge in [0.25, 0.3) is 5.91 Å². The Kier molecular flexibility index (Phi) is 3.23. The van der Waals surface area contributed by atoms with Crippen LogP contribution in [0.3, 0.4) is 0 Å². The highest BCUT2D eigenvalue weighted by Crippen LogP contribution is 2.30. The molecule has 0 aliphatic carbocycles. The number of ether oxygens (including phenoxy) is 1. The predicted octanol–water partition coefficient (Wildman–Crippen LogP) is 2.55. The lowest BCUT2D eigenvalue weighted by Crippen LogP contribution is -2.34. The van der Waals surface area contributed by atoms with Crippen LogP contribution in [0.5, 0.6) is 0 Å². The summed E-state index contributed by atoms with van der Waals surface area (Å²) in [5, 5.41) is 0. The topological polar surface area (TPSA) is 63.7 Å². The third-order valence-electron chi connectivity index (χ3n) is 3.22. The fraction of sp³-hybridized carbons (Fsp3) is 0.0625.